The smallest absolute Gasteiger partial charge is 0.227 e. The maximum absolute atomic E-state index is 11.8. The molecule has 1 atom stereocenters. The lowest BCUT2D eigenvalue weighted by Crippen LogP contribution is -2.19. The summed E-state index contributed by atoms with van der Waals surface area (Å²) in [5.41, 5.74) is 3.66. The molecule has 0 radical (unpaired) electrons. The van der Waals surface area contributed by atoms with Crippen LogP contribution in [0.15, 0.2) is 66.9 Å². The Kier molecular flexibility index (Phi) is 10.4. The quantitative estimate of drug-likeness (QED) is 0.263. The van der Waals surface area contributed by atoms with Crippen molar-refractivity contribution in [1.29, 1.82) is 0 Å². The summed E-state index contributed by atoms with van der Waals surface area (Å²) in [7, 11) is 3.72. The molecule has 186 valence electrons. The van der Waals surface area contributed by atoms with E-state index in [1.165, 1.54) is 0 Å². The number of hydrogen-bond acceptors (Lipinski definition) is 7. The van der Waals surface area contributed by atoms with E-state index in [1.54, 1.807) is 13.3 Å². The largest absolute Gasteiger partial charge is 0.616 e. The lowest BCUT2D eigenvalue weighted by molar-refractivity contribution is 0.318. The molecule has 0 aliphatic carbocycles. The fourth-order valence-corrected chi connectivity index (χ4v) is 4.00. The maximum atomic E-state index is 11.8. The lowest BCUT2D eigenvalue weighted by atomic mass is 10.1. The number of nitrogens with one attached hydrogen (secondary N) is 1. The van der Waals surface area contributed by atoms with Crippen molar-refractivity contribution in [1.82, 2.24) is 14.9 Å². The van der Waals surface area contributed by atoms with Gasteiger partial charge >= 0.3 is 0 Å². The summed E-state index contributed by atoms with van der Waals surface area (Å²) in [5, 5.41) is 3.32. The molecule has 0 saturated heterocycles. The van der Waals surface area contributed by atoms with Crippen molar-refractivity contribution in [2.75, 3.05) is 44.1 Å². The maximum Gasteiger partial charge on any atom is 0.227 e. The van der Waals surface area contributed by atoms with Gasteiger partial charge in [-0.05, 0) is 57.3 Å². The summed E-state index contributed by atoms with van der Waals surface area (Å²) in [5.74, 6) is 3.24. The summed E-state index contributed by atoms with van der Waals surface area (Å²) in [4.78, 5) is 11.3. The molecule has 0 aliphatic heterocycles. The van der Waals surface area contributed by atoms with Crippen LogP contribution in [-0.4, -0.2) is 58.2 Å². The molecule has 7 nitrogen and oxygen atoms in total. The molecule has 0 bridgehead atoms. The molecule has 0 fully saturated rings. The van der Waals surface area contributed by atoms with Crippen molar-refractivity contribution in [2.24, 2.45) is 0 Å². The summed E-state index contributed by atoms with van der Waals surface area (Å²) in [6.07, 6.45) is 5.89. The minimum absolute atomic E-state index is 0.421. The zero-order valence-electron chi connectivity index (χ0n) is 20.9. The summed E-state index contributed by atoms with van der Waals surface area (Å²) in [6, 6.07) is 15.6. The van der Waals surface area contributed by atoms with Crippen molar-refractivity contribution in [3.8, 4) is 22.8 Å². The number of likely N-dealkylation sites (N-methyl/N-ethyl adjacent to an activating group) is 1. The molecular formula is C27H34N4O3S. The molecule has 0 saturated carbocycles. The van der Waals surface area contributed by atoms with Gasteiger partial charge in [0.05, 0.1) is 12.8 Å². The van der Waals surface area contributed by atoms with Crippen LogP contribution in [0.25, 0.3) is 11.3 Å². The third-order valence-electron chi connectivity index (χ3n) is 5.32. The first-order valence-electron chi connectivity index (χ1n) is 11.7. The van der Waals surface area contributed by atoms with Gasteiger partial charge in [-0.15, -0.1) is 0 Å². The Morgan fingerprint density at radius 2 is 2.03 bits per heavy atom. The van der Waals surface area contributed by atoms with Gasteiger partial charge in [-0.25, -0.2) is 9.97 Å². The van der Waals surface area contributed by atoms with E-state index in [2.05, 4.69) is 39.4 Å². The molecule has 1 unspecified atom stereocenters. The van der Waals surface area contributed by atoms with Crippen LogP contribution in [0.3, 0.4) is 0 Å². The van der Waals surface area contributed by atoms with Gasteiger partial charge in [-0.2, -0.15) is 0 Å². The summed E-state index contributed by atoms with van der Waals surface area (Å²) < 4.78 is 23.1. The van der Waals surface area contributed by atoms with E-state index < -0.39 is 11.2 Å². The fraction of sp³-hybridized carbons (Fsp3) is 0.333. The van der Waals surface area contributed by atoms with Gasteiger partial charge in [-0.1, -0.05) is 35.5 Å². The third-order valence-corrected chi connectivity index (χ3v) is 6.59. The van der Waals surface area contributed by atoms with E-state index in [0.717, 1.165) is 40.6 Å². The predicted octanol–water partition coefficient (Wildman–Crippen LogP) is 5.05. The van der Waals surface area contributed by atoms with E-state index in [1.807, 2.05) is 62.4 Å². The van der Waals surface area contributed by atoms with Crippen LogP contribution in [0.4, 0.5) is 11.6 Å². The minimum atomic E-state index is -0.855. The van der Waals surface area contributed by atoms with Crippen LogP contribution in [0.2, 0.25) is 0 Å². The van der Waals surface area contributed by atoms with Crippen LogP contribution in [0, 0.1) is 0 Å². The molecule has 3 aromatic rings. The van der Waals surface area contributed by atoms with E-state index in [9.17, 15) is 4.55 Å². The Morgan fingerprint density at radius 3 is 2.80 bits per heavy atom. The average Bonchev–Trinajstić information content (AvgIpc) is 2.88. The second-order valence-corrected chi connectivity index (χ2v) is 9.86. The molecular weight excluding hydrogens is 460 g/mol. The van der Waals surface area contributed by atoms with Crippen LogP contribution in [-0.2, 0) is 17.7 Å². The average molecular weight is 495 g/mol. The number of ether oxygens (including phenoxy) is 2. The third kappa shape index (κ3) is 8.28. The number of benzene rings is 2. The molecule has 1 aromatic heterocycles. The molecule has 3 rings (SSSR count). The Labute approximate surface area is 211 Å². The Morgan fingerprint density at radius 1 is 1.17 bits per heavy atom. The number of nitrogens with zero attached hydrogens (tertiary/aromatic N) is 3. The lowest BCUT2D eigenvalue weighted by Gasteiger charge is -2.19. The van der Waals surface area contributed by atoms with Gasteiger partial charge in [0.25, 0.3) is 0 Å². The molecule has 35 heavy (non-hydrogen) atoms. The summed E-state index contributed by atoms with van der Waals surface area (Å²) in [6.45, 7) is 5.89. The van der Waals surface area contributed by atoms with E-state index in [0.29, 0.717) is 30.6 Å². The first-order chi connectivity index (χ1) is 17.0. The van der Waals surface area contributed by atoms with Gasteiger partial charge < -0.3 is 19.3 Å². The highest BCUT2D eigenvalue weighted by atomic mass is 32.2. The van der Waals surface area contributed by atoms with Crippen LogP contribution < -0.4 is 14.8 Å². The van der Waals surface area contributed by atoms with Gasteiger partial charge in [0.2, 0.25) is 5.95 Å². The van der Waals surface area contributed by atoms with Crippen molar-refractivity contribution < 1.29 is 14.0 Å². The van der Waals surface area contributed by atoms with Gasteiger partial charge in [0.15, 0.2) is 0 Å². The van der Waals surface area contributed by atoms with Crippen LogP contribution >= 0.6 is 0 Å². The monoisotopic (exact) mass is 494 g/mol. The standard InChI is InChI=1S/C27H34N4O3S/c1-5-7-15-31(3)20-22-18-23(11-12-26(22)34-16-17-35(32)6-2)29-27-28-14-13-25(30-27)21-9-8-10-24(19-21)33-4/h5,7-14,18-19H,6,15-17,20H2,1-4H3,(H,28,29,30)/b7-5+. The van der Waals surface area contributed by atoms with Crippen molar-refractivity contribution in [2.45, 2.75) is 20.4 Å². The van der Waals surface area contributed by atoms with Crippen LogP contribution in [0.1, 0.15) is 19.4 Å². The number of rotatable bonds is 13. The topological polar surface area (TPSA) is 82.6 Å². The minimum Gasteiger partial charge on any atom is -0.616 e. The number of anilines is 2. The molecule has 1 heterocycles. The molecule has 1 N–H and O–H groups in total. The Balaban J connectivity index is 1.80. The molecule has 0 spiro atoms. The summed E-state index contributed by atoms with van der Waals surface area (Å²) >= 11 is -0.855. The normalized spacial score (nSPS) is 12.2. The second-order valence-electron chi connectivity index (χ2n) is 7.99. The van der Waals surface area contributed by atoms with E-state index in [4.69, 9.17) is 9.47 Å². The molecule has 0 aliphatic rings. The fourth-order valence-electron chi connectivity index (χ4n) is 3.44. The van der Waals surface area contributed by atoms with Crippen molar-refractivity contribution in [3.05, 3.63) is 72.4 Å². The highest BCUT2D eigenvalue weighted by Crippen LogP contribution is 2.27. The zero-order valence-corrected chi connectivity index (χ0v) is 21.7. The SMILES string of the molecule is C/C=C/CN(C)Cc1cc(Nc2nccc(-c3cccc(OC)c3)n2)ccc1OCC[S+]([O-])CC. The predicted molar refractivity (Wildman–Crippen MR) is 144 cm³/mol. The Hall–Kier alpha value is -3.07. The zero-order chi connectivity index (χ0) is 25.0. The van der Waals surface area contributed by atoms with Crippen molar-refractivity contribution in [3.63, 3.8) is 0 Å². The number of methoxy groups -OCH3 is 1. The molecule has 2 aromatic carbocycles. The highest BCUT2D eigenvalue weighted by molar-refractivity contribution is 7.91. The number of allylic oxidation sites excluding steroid dienone is 1. The van der Waals surface area contributed by atoms with Gasteiger partial charge in [0, 0.05) is 36.1 Å². The number of hydrogen-bond donors (Lipinski definition) is 1. The van der Waals surface area contributed by atoms with Crippen LogP contribution in [0.5, 0.6) is 11.5 Å². The Bertz CT molecular complexity index is 1110. The first kappa shape index (κ1) is 26.5. The van der Waals surface area contributed by atoms with E-state index >= 15 is 0 Å². The van der Waals surface area contributed by atoms with Crippen molar-refractivity contribution >= 4 is 22.8 Å². The van der Waals surface area contributed by atoms with E-state index in [-0.39, 0.29) is 0 Å². The highest BCUT2D eigenvalue weighted by Gasteiger charge is 2.11. The first-order valence-corrected chi connectivity index (χ1v) is 13.2. The molecule has 0 amide bonds. The second kappa shape index (κ2) is 13.7. The van der Waals surface area contributed by atoms with Gasteiger partial charge in [0.1, 0.15) is 29.6 Å². The molecule has 8 heteroatoms. The number of aromatic nitrogens is 2. The van der Waals surface area contributed by atoms with Gasteiger partial charge in [-0.3, -0.25) is 4.90 Å².